The third kappa shape index (κ3) is 2.00. The number of aldehydes is 1. The quantitative estimate of drug-likeness (QED) is 0.757. The molecule has 0 fully saturated rings. The molecule has 1 heterocycles. The summed E-state index contributed by atoms with van der Waals surface area (Å²) in [4.78, 5) is 10.6. The maximum atomic E-state index is 10.6. The van der Waals surface area contributed by atoms with Gasteiger partial charge < -0.3 is 0 Å². The predicted molar refractivity (Wildman–Crippen MR) is 67.8 cm³/mol. The smallest absolute Gasteiger partial charge is 0.150 e. The summed E-state index contributed by atoms with van der Waals surface area (Å²) in [5.74, 6) is 0. The number of aryl methyl sites for hydroxylation is 1. The Kier molecular flexibility index (Phi) is 3.09. The van der Waals surface area contributed by atoms with Crippen LogP contribution in [0.2, 0.25) is 0 Å². The molecule has 0 amide bonds. The average Bonchev–Trinajstić information content (AvgIpc) is 2.64. The van der Waals surface area contributed by atoms with Gasteiger partial charge in [0.25, 0.3) is 0 Å². The van der Waals surface area contributed by atoms with Crippen LogP contribution in [0.4, 0.5) is 0 Å². The first kappa shape index (κ1) is 11.6. The van der Waals surface area contributed by atoms with Crippen molar-refractivity contribution in [1.82, 2.24) is 9.78 Å². The maximum absolute atomic E-state index is 10.6. The van der Waals surface area contributed by atoms with E-state index in [1.807, 2.05) is 35.9 Å². The third-order valence-corrected chi connectivity index (χ3v) is 3.07. The van der Waals surface area contributed by atoms with E-state index < -0.39 is 0 Å². The predicted octanol–water partition coefficient (Wildman–Crippen LogP) is 2.86. The Labute approximate surface area is 101 Å². The number of hydrogen-bond acceptors (Lipinski definition) is 2. The Morgan fingerprint density at radius 1 is 1.24 bits per heavy atom. The van der Waals surface area contributed by atoms with Crippen molar-refractivity contribution in [1.29, 1.82) is 0 Å². The minimum absolute atomic E-state index is 0.686. The second kappa shape index (κ2) is 4.53. The highest BCUT2D eigenvalue weighted by molar-refractivity contribution is 5.75. The van der Waals surface area contributed by atoms with Gasteiger partial charge in [-0.05, 0) is 50.1 Å². The van der Waals surface area contributed by atoms with E-state index in [2.05, 4.69) is 18.9 Å². The number of nitrogens with zero attached hydrogens (tertiary/aromatic N) is 2. The van der Waals surface area contributed by atoms with Gasteiger partial charge in [0.15, 0.2) is 0 Å². The van der Waals surface area contributed by atoms with Gasteiger partial charge in [-0.1, -0.05) is 6.92 Å². The van der Waals surface area contributed by atoms with Crippen LogP contribution >= 0.6 is 0 Å². The molecule has 0 spiro atoms. The fourth-order valence-corrected chi connectivity index (χ4v) is 2.13. The molecule has 0 saturated heterocycles. The zero-order valence-electron chi connectivity index (χ0n) is 10.4. The van der Waals surface area contributed by atoms with Crippen molar-refractivity contribution in [2.45, 2.75) is 27.2 Å². The summed E-state index contributed by atoms with van der Waals surface area (Å²) in [6, 6.07) is 7.46. The number of benzene rings is 1. The van der Waals surface area contributed by atoms with E-state index in [9.17, 15) is 4.79 Å². The summed E-state index contributed by atoms with van der Waals surface area (Å²) < 4.78 is 1.93. The first-order valence-electron chi connectivity index (χ1n) is 5.78. The van der Waals surface area contributed by atoms with Crippen molar-refractivity contribution in [2.24, 2.45) is 0 Å². The van der Waals surface area contributed by atoms with E-state index in [4.69, 9.17) is 0 Å². The van der Waals surface area contributed by atoms with Gasteiger partial charge in [-0.25, -0.2) is 4.68 Å². The van der Waals surface area contributed by atoms with E-state index in [0.29, 0.717) is 5.56 Å². The van der Waals surface area contributed by atoms with Crippen molar-refractivity contribution in [2.75, 3.05) is 0 Å². The van der Waals surface area contributed by atoms with Crippen LogP contribution in [0, 0.1) is 13.8 Å². The van der Waals surface area contributed by atoms with Gasteiger partial charge in [0, 0.05) is 11.3 Å². The topological polar surface area (TPSA) is 34.9 Å². The molecule has 3 heteroatoms. The second-order valence-electron chi connectivity index (χ2n) is 4.12. The van der Waals surface area contributed by atoms with Gasteiger partial charge in [0.2, 0.25) is 0 Å². The Bertz CT molecular complexity index is 538. The number of rotatable bonds is 3. The van der Waals surface area contributed by atoms with Crippen molar-refractivity contribution < 1.29 is 4.79 Å². The molecule has 0 bridgehead atoms. The van der Waals surface area contributed by atoms with E-state index in [1.165, 1.54) is 11.3 Å². The minimum atomic E-state index is 0.686. The summed E-state index contributed by atoms with van der Waals surface area (Å²) in [6.45, 7) is 6.24. The molecule has 1 aromatic heterocycles. The Balaban J connectivity index is 2.49. The Hall–Kier alpha value is -1.90. The molecule has 2 rings (SSSR count). The molecule has 3 nitrogen and oxygen atoms in total. The molecule has 0 aliphatic heterocycles. The monoisotopic (exact) mass is 228 g/mol. The molecule has 1 aromatic carbocycles. The summed E-state index contributed by atoms with van der Waals surface area (Å²) in [5, 5.41) is 4.54. The van der Waals surface area contributed by atoms with Crippen molar-refractivity contribution in [3.8, 4) is 5.69 Å². The van der Waals surface area contributed by atoms with E-state index >= 15 is 0 Å². The van der Waals surface area contributed by atoms with E-state index in [0.717, 1.165) is 24.1 Å². The number of carbonyl (C=O) groups excluding carboxylic acids is 1. The highest BCUT2D eigenvalue weighted by atomic mass is 16.1. The third-order valence-electron chi connectivity index (χ3n) is 3.07. The SMILES string of the molecule is CCc1c(C)nn(-c2ccc(C=O)cc2)c1C. The largest absolute Gasteiger partial charge is 0.298 e. The standard InChI is InChI=1S/C14H16N2O/c1-4-14-10(2)15-16(11(14)3)13-7-5-12(9-17)6-8-13/h5-9H,4H2,1-3H3. The lowest BCUT2D eigenvalue weighted by Crippen LogP contribution is -1.99. The summed E-state index contributed by atoms with van der Waals surface area (Å²) in [5.41, 5.74) is 5.22. The second-order valence-corrected chi connectivity index (χ2v) is 4.12. The summed E-state index contributed by atoms with van der Waals surface area (Å²) in [6.07, 6.45) is 1.84. The van der Waals surface area contributed by atoms with Crippen LogP contribution in [-0.2, 0) is 6.42 Å². The molecule has 0 saturated carbocycles. The lowest BCUT2D eigenvalue weighted by molar-refractivity contribution is 0.112. The summed E-state index contributed by atoms with van der Waals surface area (Å²) >= 11 is 0. The van der Waals surface area contributed by atoms with Crippen LogP contribution in [0.1, 0.15) is 34.2 Å². The summed E-state index contributed by atoms with van der Waals surface area (Å²) in [7, 11) is 0. The van der Waals surface area contributed by atoms with Gasteiger partial charge in [-0.15, -0.1) is 0 Å². The lowest BCUT2D eigenvalue weighted by Gasteiger charge is -2.04. The average molecular weight is 228 g/mol. The first-order valence-corrected chi connectivity index (χ1v) is 5.78. The molecule has 0 unspecified atom stereocenters. The number of carbonyl (C=O) groups is 1. The molecule has 17 heavy (non-hydrogen) atoms. The van der Waals surface area contributed by atoms with Crippen LogP contribution in [-0.4, -0.2) is 16.1 Å². The molecule has 0 aliphatic carbocycles. The Morgan fingerprint density at radius 3 is 2.35 bits per heavy atom. The number of hydrogen-bond donors (Lipinski definition) is 0. The molecule has 88 valence electrons. The van der Waals surface area contributed by atoms with Gasteiger partial charge in [-0.3, -0.25) is 4.79 Å². The molecule has 2 aromatic rings. The van der Waals surface area contributed by atoms with Crippen molar-refractivity contribution >= 4 is 6.29 Å². The van der Waals surface area contributed by atoms with Crippen molar-refractivity contribution in [3.05, 3.63) is 46.8 Å². The maximum Gasteiger partial charge on any atom is 0.150 e. The van der Waals surface area contributed by atoms with E-state index in [1.54, 1.807) is 0 Å². The van der Waals surface area contributed by atoms with Crippen LogP contribution in [0.15, 0.2) is 24.3 Å². The fourth-order valence-electron chi connectivity index (χ4n) is 2.13. The van der Waals surface area contributed by atoms with Gasteiger partial charge >= 0.3 is 0 Å². The van der Waals surface area contributed by atoms with Gasteiger partial charge in [0.1, 0.15) is 6.29 Å². The zero-order valence-corrected chi connectivity index (χ0v) is 10.4. The fraction of sp³-hybridized carbons (Fsp3) is 0.286. The molecule has 0 atom stereocenters. The molecular formula is C14H16N2O. The molecule has 0 radical (unpaired) electrons. The van der Waals surface area contributed by atoms with Crippen LogP contribution in [0.3, 0.4) is 0 Å². The number of aromatic nitrogens is 2. The molecular weight excluding hydrogens is 212 g/mol. The van der Waals surface area contributed by atoms with Gasteiger partial charge in [0.05, 0.1) is 11.4 Å². The van der Waals surface area contributed by atoms with Gasteiger partial charge in [-0.2, -0.15) is 5.10 Å². The zero-order chi connectivity index (χ0) is 12.4. The van der Waals surface area contributed by atoms with Crippen molar-refractivity contribution in [3.63, 3.8) is 0 Å². The van der Waals surface area contributed by atoms with Crippen LogP contribution in [0.5, 0.6) is 0 Å². The Morgan fingerprint density at radius 2 is 1.88 bits per heavy atom. The lowest BCUT2D eigenvalue weighted by atomic mass is 10.1. The first-order chi connectivity index (χ1) is 8.17. The molecule has 0 N–H and O–H groups in total. The van der Waals surface area contributed by atoms with E-state index in [-0.39, 0.29) is 0 Å². The highest BCUT2D eigenvalue weighted by Crippen LogP contribution is 2.18. The minimum Gasteiger partial charge on any atom is -0.298 e. The highest BCUT2D eigenvalue weighted by Gasteiger charge is 2.10. The molecule has 0 aliphatic rings. The van der Waals surface area contributed by atoms with Crippen LogP contribution in [0.25, 0.3) is 5.69 Å². The normalized spacial score (nSPS) is 10.5. The van der Waals surface area contributed by atoms with Crippen LogP contribution < -0.4 is 0 Å².